The summed E-state index contributed by atoms with van der Waals surface area (Å²) >= 11 is 2.27. The van der Waals surface area contributed by atoms with Crippen LogP contribution >= 0.6 is 22.6 Å². The van der Waals surface area contributed by atoms with Gasteiger partial charge in [0.05, 0.1) is 19.3 Å². The highest BCUT2D eigenvalue weighted by Gasteiger charge is 2.24. The number of rotatable bonds is 2. The van der Waals surface area contributed by atoms with Crippen LogP contribution in [-0.4, -0.2) is 24.9 Å². The lowest BCUT2D eigenvalue weighted by Gasteiger charge is -2.27. The fourth-order valence-electron chi connectivity index (χ4n) is 1.95. The van der Waals surface area contributed by atoms with Crippen molar-refractivity contribution in [3.05, 3.63) is 27.3 Å². The molecule has 1 heterocycles. The molecule has 0 radical (unpaired) electrons. The average molecular weight is 334 g/mol. The molecular formula is C12H15IO3. The summed E-state index contributed by atoms with van der Waals surface area (Å²) in [6.07, 6.45) is 1.06. The van der Waals surface area contributed by atoms with Crippen LogP contribution in [0, 0.1) is 3.57 Å². The number of halogens is 1. The Morgan fingerprint density at radius 1 is 1.50 bits per heavy atom. The zero-order chi connectivity index (χ0) is 11.5. The van der Waals surface area contributed by atoms with E-state index in [-0.39, 0.29) is 12.2 Å². The van der Waals surface area contributed by atoms with Crippen molar-refractivity contribution in [2.24, 2.45) is 0 Å². The predicted octanol–water partition coefficient (Wildman–Crippen LogP) is 2.51. The van der Waals surface area contributed by atoms with Crippen molar-refractivity contribution in [1.82, 2.24) is 0 Å². The number of methoxy groups -OCH3 is 1. The second kappa shape index (κ2) is 5.33. The third-order valence-electron chi connectivity index (χ3n) is 2.79. The van der Waals surface area contributed by atoms with Crippen LogP contribution in [0.2, 0.25) is 0 Å². The molecule has 1 fully saturated rings. The number of ether oxygens (including phenoxy) is 2. The predicted molar refractivity (Wildman–Crippen MR) is 69.6 cm³/mol. The largest absolute Gasteiger partial charge is 0.496 e. The summed E-state index contributed by atoms with van der Waals surface area (Å²) in [4.78, 5) is 0. The molecule has 2 rings (SSSR count). The van der Waals surface area contributed by atoms with Gasteiger partial charge in [0.15, 0.2) is 0 Å². The van der Waals surface area contributed by atoms with Gasteiger partial charge in [0.2, 0.25) is 0 Å². The molecule has 2 atom stereocenters. The lowest BCUT2D eigenvalue weighted by molar-refractivity contribution is -0.0455. The van der Waals surface area contributed by atoms with Crippen molar-refractivity contribution in [2.45, 2.75) is 25.0 Å². The second-order valence-electron chi connectivity index (χ2n) is 3.92. The molecule has 1 aliphatic rings. The topological polar surface area (TPSA) is 38.7 Å². The van der Waals surface area contributed by atoms with Crippen molar-refractivity contribution in [2.75, 3.05) is 13.7 Å². The highest BCUT2D eigenvalue weighted by atomic mass is 127. The van der Waals surface area contributed by atoms with Crippen molar-refractivity contribution in [3.8, 4) is 5.75 Å². The summed E-state index contributed by atoms with van der Waals surface area (Å²) in [5.41, 5.74) is 1.04. The zero-order valence-electron chi connectivity index (χ0n) is 9.15. The first-order valence-corrected chi connectivity index (χ1v) is 6.41. The Bertz CT molecular complexity index is 367. The van der Waals surface area contributed by atoms with Crippen LogP contribution in [0.3, 0.4) is 0 Å². The molecule has 1 saturated heterocycles. The van der Waals surface area contributed by atoms with E-state index in [9.17, 15) is 5.11 Å². The van der Waals surface area contributed by atoms with Crippen LogP contribution in [0.25, 0.3) is 0 Å². The van der Waals surface area contributed by atoms with E-state index in [1.807, 2.05) is 12.1 Å². The fraction of sp³-hybridized carbons (Fsp3) is 0.500. The Hall–Kier alpha value is -0.330. The lowest BCUT2D eigenvalue weighted by atomic mass is 9.99. The van der Waals surface area contributed by atoms with Crippen LogP contribution in [0.1, 0.15) is 24.5 Å². The smallest absolute Gasteiger partial charge is 0.124 e. The van der Waals surface area contributed by atoms with Gasteiger partial charge in [-0.3, -0.25) is 0 Å². The number of aliphatic hydroxyl groups excluding tert-OH is 1. The molecule has 16 heavy (non-hydrogen) atoms. The third kappa shape index (κ3) is 2.67. The molecule has 3 nitrogen and oxygen atoms in total. The van der Waals surface area contributed by atoms with Gasteiger partial charge in [-0.25, -0.2) is 0 Å². The van der Waals surface area contributed by atoms with Crippen LogP contribution in [0.4, 0.5) is 0 Å². The van der Waals surface area contributed by atoms with Crippen molar-refractivity contribution < 1.29 is 14.6 Å². The maximum absolute atomic E-state index is 9.65. The first-order valence-electron chi connectivity index (χ1n) is 5.34. The quantitative estimate of drug-likeness (QED) is 0.845. The number of benzene rings is 1. The monoisotopic (exact) mass is 334 g/mol. The highest BCUT2D eigenvalue weighted by Crippen LogP contribution is 2.34. The second-order valence-corrected chi connectivity index (χ2v) is 5.17. The molecule has 1 N–H and O–H groups in total. The molecular weight excluding hydrogens is 319 g/mol. The summed E-state index contributed by atoms with van der Waals surface area (Å²) in [5, 5.41) is 9.65. The molecule has 1 aliphatic heterocycles. The van der Waals surface area contributed by atoms with Gasteiger partial charge in [0.1, 0.15) is 5.75 Å². The number of hydrogen-bond acceptors (Lipinski definition) is 3. The molecule has 0 aliphatic carbocycles. The summed E-state index contributed by atoms with van der Waals surface area (Å²) in [6, 6.07) is 6.01. The Morgan fingerprint density at radius 3 is 3.00 bits per heavy atom. The minimum Gasteiger partial charge on any atom is -0.496 e. The van der Waals surface area contributed by atoms with Crippen LogP contribution < -0.4 is 4.74 Å². The Balaban J connectivity index is 2.26. The number of hydrogen-bond donors (Lipinski definition) is 1. The van der Waals surface area contributed by atoms with E-state index in [1.54, 1.807) is 7.11 Å². The summed E-state index contributed by atoms with van der Waals surface area (Å²) in [6.45, 7) is 0.612. The van der Waals surface area contributed by atoms with Gasteiger partial charge >= 0.3 is 0 Å². The van der Waals surface area contributed by atoms with Crippen LogP contribution in [-0.2, 0) is 4.74 Å². The van der Waals surface area contributed by atoms with E-state index in [0.29, 0.717) is 13.0 Å². The first-order chi connectivity index (χ1) is 7.70. The maximum atomic E-state index is 9.65. The van der Waals surface area contributed by atoms with Gasteiger partial charge in [-0.15, -0.1) is 0 Å². The molecule has 0 bridgehead atoms. The molecule has 88 valence electrons. The van der Waals surface area contributed by atoms with Gasteiger partial charge in [-0.2, -0.15) is 0 Å². The molecule has 0 saturated carbocycles. The normalized spacial score (nSPS) is 25.4. The summed E-state index contributed by atoms with van der Waals surface area (Å²) in [7, 11) is 1.66. The van der Waals surface area contributed by atoms with E-state index in [0.717, 1.165) is 21.3 Å². The minimum absolute atomic E-state index is 0.0478. The standard InChI is InChI=1S/C12H15IO3/c1-15-11-3-2-8(13)6-10(11)12-7-9(14)4-5-16-12/h2-3,6,9,12,14H,4-5,7H2,1H3. The first kappa shape index (κ1) is 12.1. The zero-order valence-corrected chi connectivity index (χ0v) is 11.3. The molecule has 1 aromatic carbocycles. The van der Waals surface area contributed by atoms with Crippen molar-refractivity contribution >= 4 is 22.6 Å². The third-order valence-corrected chi connectivity index (χ3v) is 3.47. The molecule has 0 amide bonds. The molecule has 2 unspecified atom stereocenters. The van der Waals surface area contributed by atoms with Gasteiger partial charge in [0, 0.05) is 22.2 Å². The van der Waals surface area contributed by atoms with Gasteiger partial charge in [0.25, 0.3) is 0 Å². The Labute approximate surface area is 109 Å². The van der Waals surface area contributed by atoms with E-state index in [2.05, 4.69) is 28.7 Å². The molecule has 1 aromatic rings. The van der Waals surface area contributed by atoms with Crippen LogP contribution in [0.15, 0.2) is 18.2 Å². The summed E-state index contributed by atoms with van der Waals surface area (Å²) in [5.74, 6) is 0.833. The maximum Gasteiger partial charge on any atom is 0.124 e. The van der Waals surface area contributed by atoms with Crippen molar-refractivity contribution in [1.29, 1.82) is 0 Å². The highest BCUT2D eigenvalue weighted by molar-refractivity contribution is 14.1. The van der Waals surface area contributed by atoms with Gasteiger partial charge in [-0.05, 0) is 47.2 Å². The molecule has 0 spiro atoms. The Morgan fingerprint density at radius 2 is 2.31 bits per heavy atom. The Kier molecular flexibility index (Phi) is 4.05. The average Bonchev–Trinajstić information content (AvgIpc) is 2.29. The van der Waals surface area contributed by atoms with E-state index < -0.39 is 0 Å². The van der Waals surface area contributed by atoms with Crippen LogP contribution in [0.5, 0.6) is 5.75 Å². The SMILES string of the molecule is COc1ccc(I)cc1C1CC(O)CCO1. The van der Waals surface area contributed by atoms with Crippen molar-refractivity contribution in [3.63, 3.8) is 0 Å². The van der Waals surface area contributed by atoms with E-state index >= 15 is 0 Å². The summed E-state index contributed by atoms with van der Waals surface area (Å²) < 4.78 is 12.2. The molecule has 0 aromatic heterocycles. The van der Waals surface area contributed by atoms with E-state index in [4.69, 9.17) is 9.47 Å². The fourth-order valence-corrected chi connectivity index (χ4v) is 2.47. The lowest BCUT2D eigenvalue weighted by Crippen LogP contribution is -2.23. The van der Waals surface area contributed by atoms with Gasteiger partial charge in [-0.1, -0.05) is 0 Å². The minimum atomic E-state index is -0.263. The van der Waals surface area contributed by atoms with E-state index in [1.165, 1.54) is 0 Å². The number of aliphatic hydroxyl groups is 1. The van der Waals surface area contributed by atoms with Gasteiger partial charge < -0.3 is 14.6 Å². The molecule has 4 heteroatoms.